The van der Waals surface area contributed by atoms with Gasteiger partial charge in [0.2, 0.25) is 6.41 Å². The lowest BCUT2D eigenvalue weighted by molar-refractivity contribution is -0.142. The van der Waals surface area contributed by atoms with Crippen LogP contribution in [0.5, 0.6) is 0 Å². The number of piperidine rings is 2. The molecule has 162 valence electrons. The Hall–Kier alpha value is -2.28. The molecule has 2 fully saturated rings. The third-order valence-electron chi connectivity index (χ3n) is 6.47. The molecule has 1 unspecified atom stereocenters. The van der Waals surface area contributed by atoms with E-state index in [9.17, 15) is 19.0 Å². The molecule has 2 amide bonds. The van der Waals surface area contributed by atoms with E-state index in [0.717, 1.165) is 24.8 Å². The Labute approximate surface area is 179 Å². The summed E-state index contributed by atoms with van der Waals surface area (Å²) in [7, 11) is -1.35. The van der Waals surface area contributed by atoms with E-state index in [1.165, 1.54) is 5.56 Å². The van der Waals surface area contributed by atoms with E-state index in [1.54, 1.807) is 10.4 Å². The fraction of sp³-hybridized carbons (Fsp3) is 0.571. The van der Waals surface area contributed by atoms with Crippen molar-refractivity contribution in [1.29, 1.82) is 5.26 Å². The molecule has 2 saturated heterocycles. The van der Waals surface area contributed by atoms with Crippen LogP contribution in [0.1, 0.15) is 48.3 Å². The van der Waals surface area contributed by atoms with Crippen LogP contribution in [0.2, 0.25) is 0 Å². The molecule has 9 heteroatoms. The molecule has 0 bridgehead atoms. The van der Waals surface area contributed by atoms with Crippen LogP contribution in [-0.4, -0.2) is 62.9 Å². The van der Waals surface area contributed by atoms with E-state index >= 15 is 0 Å². The Morgan fingerprint density at radius 2 is 2.00 bits per heavy atom. The first-order valence-corrected chi connectivity index (χ1v) is 11.5. The summed E-state index contributed by atoms with van der Waals surface area (Å²) in [6.45, 7) is 4.16. The highest BCUT2D eigenvalue weighted by Gasteiger charge is 2.44. The van der Waals surface area contributed by atoms with Crippen LogP contribution in [-0.2, 0) is 20.6 Å². The molecule has 0 saturated carbocycles. The fourth-order valence-electron chi connectivity index (χ4n) is 4.51. The summed E-state index contributed by atoms with van der Waals surface area (Å²) in [5.41, 5.74) is 3.80. The monoisotopic (exact) mass is 432 g/mol. The maximum atomic E-state index is 13.1. The van der Waals surface area contributed by atoms with Crippen molar-refractivity contribution in [2.45, 2.75) is 38.5 Å². The molecule has 0 aromatic heterocycles. The number of hydrogen-bond acceptors (Lipinski definition) is 5. The molecule has 3 rings (SSSR count). The quantitative estimate of drug-likeness (QED) is 0.401. The van der Waals surface area contributed by atoms with E-state index in [4.69, 9.17) is 5.26 Å². The second-order valence-corrected chi connectivity index (χ2v) is 9.66. The summed E-state index contributed by atoms with van der Waals surface area (Å²) in [6.07, 6.45) is 3.23. The average molecular weight is 433 g/mol. The summed E-state index contributed by atoms with van der Waals surface area (Å²) in [6, 6.07) is 7.93. The molecule has 1 atom stereocenters. The minimum atomic E-state index is -1.35. The molecule has 8 nitrogen and oxygen atoms in total. The number of hydroxylamine groups is 1. The minimum absolute atomic E-state index is 0.145. The zero-order valence-corrected chi connectivity index (χ0v) is 18.0. The molecule has 0 aliphatic carbocycles. The second kappa shape index (κ2) is 9.69. The zero-order valence-electron chi connectivity index (χ0n) is 17.2. The molecule has 0 radical (unpaired) electrons. The number of hydrogen-bond donors (Lipinski definition) is 2. The Balaban J connectivity index is 1.62. The van der Waals surface area contributed by atoms with Crippen molar-refractivity contribution < 1.29 is 19.0 Å². The third-order valence-corrected chi connectivity index (χ3v) is 8.21. The van der Waals surface area contributed by atoms with Gasteiger partial charge in [-0.15, -0.1) is 0 Å². The Bertz CT molecular complexity index is 853. The van der Waals surface area contributed by atoms with Gasteiger partial charge in [0.15, 0.2) is 0 Å². The number of likely N-dealkylation sites (tertiary alicyclic amines) is 1. The molecule has 0 spiro atoms. The van der Waals surface area contributed by atoms with Gasteiger partial charge in [-0.05, 0) is 61.8 Å². The van der Waals surface area contributed by atoms with Crippen molar-refractivity contribution in [1.82, 2.24) is 14.7 Å². The summed E-state index contributed by atoms with van der Waals surface area (Å²) in [4.78, 5) is 25.0. The Morgan fingerprint density at radius 1 is 1.33 bits per heavy atom. The predicted octanol–water partition coefficient (Wildman–Crippen LogP) is 1.45. The predicted molar refractivity (Wildman–Crippen MR) is 112 cm³/mol. The lowest BCUT2D eigenvalue weighted by Crippen LogP contribution is -2.52. The maximum absolute atomic E-state index is 13.1. The number of amides is 2. The number of carbonyl (C=O) groups is 2. The zero-order chi connectivity index (χ0) is 21.7. The first kappa shape index (κ1) is 22.4. The van der Waals surface area contributed by atoms with Crippen molar-refractivity contribution >= 4 is 23.3 Å². The minimum Gasteiger partial charge on any atom is -0.345 e. The van der Waals surface area contributed by atoms with Crippen LogP contribution >= 0.6 is 0 Å². The summed E-state index contributed by atoms with van der Waals surface area (Å²) < 4.78 is 15.0. The number of aryl methyl sites for hydroxylation is 1. The highest BCUT2D eigenvalue weighted by Crippen LogP contribution is 2.35. The van der Waals surface area contributed by atoms with Crippen molar-refractivity contribution in [3.63, 3.8) is 0 Å². The maximum Gasteiger partial charge on any atom is 0.250 e. The Morgan fingerprint density at radius 3 is 2.53 bits per heavy atom. The topological polar surface area (TPSA) is 114 Å². The van der Waals surface area contributed by atoms with Crippen molar-refractivity contribution in [3.8, 4) is 6.07 Å². The highest BCUT2D eigenvalue weighted by molar-refractivity contribution is 7.82. The standard InChI is InChI=1S/C21H28N4O4S/c1-16-12-17(13-22)2-3-19(16)18-4-8-25(9-5-18)30(29)14-21(20(27)23-28)6-10-24(15-26)11-7-21/h2-3,12,15,18,28H,4-11,14H2,1H3,(H,23,27). The molecular formula is C21H28N4O4S. The molecule has 2 N–H and O–H groups in total. The first-order chi connectivity index (χ1) is 14.4. The summed E-state index contributed by atoms with van der Waals surface area (Å²) in [5, 5.41) is 18.3. The fourth-order valence-corrected chi connectivity index (χ4v) is 6.21. The van der Waals surface area contributed by atoms with Crippen LogP contribution in [0.15, 0.2) is 18.2 Å². The Kier molecular flexibility index (Phi) is 7.23. The van der Waals surface area contributed by atoms with Gasteiger partial charge in [0.1, 0.15) is 0 Å². The smallest absolute Gasteiger partial charge is 0.250 e. The van der Waals surface area contributed by atoms with Crippen LogP contribution < -0.4 is 5.48 Å². The number of carbonyl (C=O) groups excluding carboxylic acids is 2. The van der Waals surface area contributed by atoms with E-state index in [-0.39, 0.29) is 5.75 Å². The van der Waals surface area contributed by atoms with E-state index in [1.807, 2.05) is 29.4 Å². The van der Waals surface area contributed by atoms with Gasteiger partial charge in [0.25, 0.3) is 5.91 Å². The van der Waals surface area contributed by atoms with Crippen molar-refractivity contribution in [2.75, 3.05) is 31.9 Å². The van der Waals surface area contributed by atoms with Gasteiger partial charge in [-0.25, -0.2) is 14.0 Å². The molecule has 2 aliphatic rings. The second-order valence-electron chi connectivity index (χ2n) is 8.21. The molecule has 30 heavy (non-hydrogen) atoms. The normalized spacial score (nSPS) is 20.9. The van der Waals surface area contributed by atoms with Crippen molar-refractivity contribution in [2.24, 2.45) is 5.41 Å². The molecule has 2 aliphatic heterocycles. The number of nitrogens with zero attached hydrogens (tertiary/aromatic N) is 3. The van der Waals surface area contributed by atoms with E-state index in [2.05, 4.69) is 6.07 Å². The van der Waals surface area contributed by atoms with Gasteiger partial charge in [-0.2, -0.15) is 5.26 Å². The number of rotatable bonds is 6. The van der Waals surface area contributed by atoms with Gasteiger partial charge in [-0.1, -0.05) is 6.07 Å². The number of nitriles is 1. The van der Waals surface area contributed by atoms with Gasteiger partial charge in [0.05, 0.1) is 33.8 Å². The lowest BCUT2D eigenvalue weighted by atomic mass is 9.79. The molecule has 1 aromatic carbocycles. The first-order valence-electron chi connectivity index (χ1n) is 10.2. The van der Waals surface area contributed by atoms with Crippen molar-refractivity contribution in [3.05, 3.63) is 34.9 Å². The highest BCUT2D eigenvalue weighted by atomic mass is 32.2. The molecule has 2 heterocycles. The molecule has 1 aromatic rings. The SMILES string of the molecule is Cc1cc(C#N)ccc1C1CCN(S(=O)CC2(C(=O)NO)CCN(C=O)CC2)CC1. The van der Waals surface area contributed by atoms with Gasteiger partial charge >= 0.3 is 0 Å². The number of benzene rings is 1. The van der Waals surface area contributed by atoms with E-state index < -0.39 is 22.3 Å². The lowest BCUT2D eigenvalue weighted by Gasteiger charge is -2.40. The summed E-state index contributed by atoms with van der Waals surface area (Å²) in [5.74, 6) is -0.0202. The largest absolute Gasteiger partial charge is 0.345 e. The van der Waals surface area contributed by atoms with Crippen LogP contribution in [0.3, 0.4) is 0 Å². The van der Waals surface area contributed by atoms with Crippen LogP contribution in [0.4, 0.5) is 0 Å². The van der Waals surface area contributed by atoms with Crippen LogP contribution in [0.25, 0.3) is 0 Å². The summed E-state index contributed by atoms with van der Waals surface area (Å²) >= 11 is 0. The van der Waals surface area contributed by atoms with Crippen LogP contribution in [0, 0.1) is 23.7 Å². The van der Waals surface area contributed by atoms with Gasteiger partial charge in [0, 0.05) is 26.2 Å². The molecular weight excluding hydrogens is 404 g/mol. The number of nitrogens with one attached hydrogen (secondary N) is 1. The van der Waals surface area contributed by atoms with Gasteiger partial charge in [-0.3, -0.25) is 14.8 Å². The average Bonchev–Trinajstić information content (AvgIpc) is 2.79. The van der Waals surface area contributed by atoms with E-state index in [0.29, 0.717) is 50.5 Å². The third kappa shape index (κ3) is 4.72. The van der Waals surface area contributed by atoms with Gasteiger partial charge < -0.3 is 4.90 Å².